The summed E-state index contributed by atoms with van der Waals surface area (Å²) in [6.07, 6.45) is 4.99. The van der Waals surface area contributed by atoms with Crippen molar-refractivity contribution in [2.75, 3.05) is 29.6 Å². The van der Waals surface area contributed by atoms with E-state index in [1.54, 1.807) is 46.4 Å². The van der Waals surface area contributed by atoms with Crippen LogP contribution in [0.2, 0.25) is 0 Å². The lowest BCUT2D eigenvalue weighted by molar-refractivity contribution is -0.111. The molecule has 0 radical (unpaired) electrons. The third-order valence-electron chi connectivity index (χ3n) is 7.17. The Morgan fingerprint density at radius 1 is 1.09 bits per heavy atom. The fourth-order valence-corrected chi connectivity index (χ4v) is 5.31. The number of ketones is 1. The molecule has 0 unspecified atom stereocenters. The molecule has 2 aromatic rings. The Morgan fingerprint density at radius 2 is 1.77 bits per heavy atom. The minimum absolute atomic E-state index is 0.00707. The summed E-state index contributed by atoms with van der Waals surface area (Å²) in [4.78, 5) is 55.0. The van der Waals surface area contributed by atoms with Crippen molar-refractivity contribution in [3.8, 4) is 5.69 Å². The van der Waals surface area contributed by atoms with Crippen molar-refractivity contribution in [3.63, 3.8) is 0 Å². The maximum Gasteiger partial charge on any atom is 0.410 e. The summed E-state index contributed by atoms with van der Waals surface area (Å²) < 4.78 is 37.3. The maximum absolute atomic E-state index is 15.9. The van der Waals surface area contributed by atoms with E-state index in [0.717, 1.165) is 22.8 Å². The fraction of sp³-hybridized carbons (Fsp3) is 0.379. The van der Waals surface area contributed by atoms with E-state index in [1.165, 1.54) is 17.3 Å². The number of rotatable bonds is 2. The highest BCUT2D eigenvalue weighted by molar-refractivity contribution is 6.10. The minimum Gasteiger partial charge on any atom is -0.444 e. The normalized spacial score (nSPS) is 20.6. The van der Waals surface area contributed by atoms with Gasteiger partial charge in [-0.05, 0) is 59.8 Å². The van der Waals surface area contributed by atoms with Gasteiger partial charge in [-0.15, -0.1) is 0 Å². The third-order valence-corrected chi connectivity index (χ3v) is 7.17. The van der Waals surface area contributed by atoms with Crippen LogP contribution in [0, 0.1) is 13.8 Å². The third kappa shape index (κ3) is 5.33. The van der Waals surface area contributed by atoms with Gasteiger partial charge in [0.15, 0.2) is 17.4 Å². The summed E-state index contributed by atoms with van der Waals surface area (Å²) in [6, 6.07) is -0.412. The molecular weight excluding hydrogens is 564 g/mol. The number of hydroxylamine groups is 1. The average molecular weight is 596 g/mol. The van der Waals surface area contributed by atoms with Crippen LogP contribution in [0.15, 0.2) is 52.3 Å². The Kier molecular flexibility index (Phi) is 7.50. The van der Waals surface area contributed by atoms with Crippen molar-refractivity contribution in [2.45, 2.75) is 53.2 Å². The molecule has 1 fully saturated rings. The van der Waals surface area contributed by atoms with Gasteiger partial charge in [-0.2, -0.15) is 4.98 Å². The molecule has 226 valence electrons. The van der Waals surface area contributed by atoms with E-state index in [1.807, 2.05) is 0 Å². The van der Waals surface area contributed by atoms with Crippen molar-refractivity contribution < 1.29 is 28.3 Å². The van der Waals surface area contributed by atoms with Crippen LogP contribution in [0.3, 0.4) is 0 Å². The van der Waals surface area contributed by atoms with Crippen LogP contribution < -0.4 is 15.7 Å². The lowest BCUT2D eigenvalue weighted by atomic mass is 9.98. The summed E-state index contributed by atoms with van der Waals surface area (Å²) in [6.45, 7) is 11.0. The standard InChI is InChI=1S/C29H31F2N7O5/c1-15-13-35(28(41)43-29(4,5)6)10-11-36(15)25-18-12-20(31)24(22-19(30)8-7-9-21(22)39)38(42)26(18)37(27(40)34-25)23-16(2)32-14-33-17(23)3/h7-9,12,14-15,42H,10-11,13H2,1-6H3/t15-/m0/s1. The molecule has 0 spiro atoms. The number of piperazine rings is 1. The summed E-state index contributed by atoms with van der Waals surface area (Å²) >= 11 is 0. The second kappa shape index (κ2) is 10.8. The zero-order valence-corrected chi connectivity index (χ0v) is 24.6. The highest BCUT2D eigenvalue weighted by Gasteiger charge is 2.39. The first-order valence-electron chi connectivity index (χ1n) is 13.6. The number of hydrogen-bond acceptors (Lipinski definition) is 10. The van der Waals surface area contributed by atoms with Gasteiger partial charge < -0.3 is 14.5 Å². The van der Waals surface area contributed by atoms with Gasteiger partial charge >= 0.3 is 11.8 Å². The lowest BCUT2D eigenvalue weighted by Crippen LogP contribution is -2.55. The van der Waals surface area contributed by atoms with Gasteiger partial charge in [-0.25, -0.2) is 38.0 Å². The van der Waals surface area contributed by atoms with Crippen LogP contribution in [-0.4, -0.2) is 72.8 Å². The molecule has 2 aromatic heterocycles. The Balaban J connectivity index is 1.70. The Morgan fingerprint density at radius 3 is 2.37 bits per heavy atom. The number of hydrogen-bond donors (Lipinski definition) is 1. The molecule has 14 heteroatoms. The van der Waals surface area contributed by atoms with Crippen LogP contribution in [-0.2, 0) is 9.53 Å². The van der Waals surface area contributed by atoms with Gasteiger partial charge in [0.2, 0.25) is 0 Å². The van der Waals surface area contributed by atoms with Gasteiger partial charge in [0, 0.05) is 25.7 Å². The lowest BCUT2D eigenvalue weighted by Gasteiger charge is -2.42. The van der Waals surface area contributed by atoms with Crippen LogP contribution >= 0.6 is 0 Å². The topological polar surface area (TPSA) is 134 Å². The molecule has 43 heavy (non-hydrogen) atoms. The zero-order chi connectivity index (χ0) is 31.4. The molecule has 3 aliphatic rings. The number of aryl methyl sites for hydroxylation is 2. The highest BCUT2D eigenvalue weighted by Crippen LogP contribution is 2.42. The molecule has 1 atom stereocenters. The summed E-state index contributed by atoms with van der Waals surface area (Å²) in [5, 5.41) is 11.8. The van der Waals surface area contributed by atoms with Crippen LogP contribution in [0.25, 0.3) is 11.8 Å². The number of halogens is 2. The highest BCUT2D eigenvalue weighted by atomic mass is 19.1. The first-order valence-corrected chi connectivity index (χ1v) is 13.6. The zero-order valence-electron chi connectivity index (χ0n) is 24.6. The van der Waals surface area contributed by atoms with Gasteiger partial charge in [0.25, 0.3) is 0 Å². The Bertz CT molecular complexity index is 1700. The summed E-state index contributed by atoms with van der Waals surface area (Å²) in [7, 11) is 0. The van der Waals surface area contributed by atoms with E-state index >= 15 is 4.39 Å². The number of aromatic nitrogens is 4. The Labute approximate surface area is 245 Å². The SMILES string of the molecule is Cc1ncnc(C)c1-n1c2c(c(N3CCN(C(=O)OC(C)(C)C)C[C@@H]3C)nc1=O)C=C(F)C(=C1C(=O)C=CC=C1F)N2O. The molecule has 0 aromatic carbocycles. The smallest absolute Gasteiger partial charge is 0.410 e. The molecule has 0 bridgehead atoms. The van der Waals surface area contributed by atoms with Crippen LogP contribution in [0.4, 0.5) is 25.2 Å². The van der Waals surface area contributed by atoms with E-state index in [4.69, 9.17) is 4.74 Å². The predicted molar refractivity (Wildman–Crippen MR) is 153 cm³/mol. The number of anilines is 2. The molecule has 5 rings (SSSR count). The van der Waals surface area contributed by atoms with Crippen LogP contribution in [0.5, 0.6) is 0 Å². The van der Waals surface area contributed by atoms with Gasteiger partial charge in [-0.3, -0.25) is 10.0 Å². The van der Waals surface area contributed by atoms with Crippen molar-refractivity contribution in [2.24, 2.45) is 0 Å². The first kappa shape index (κ1) is 29.8. The minimum atomic E-state index is -1.12. The molecule has 12 nitrogen and oxygen atoms in total. The molecule has 4 heterocycles. The monoisotopic (exact) mass is 595 g/mol. The van der Waals surface area contributed by atoms with Gasteiger partial charge in [0.1, 0.15) is 29.3 Å². The molecule has 2 aliphatic heterocycles. The van der Waals surface area contributed by atoms with Crippen molar-refractivity contribution >= 4 is 29.6 Å². The fourth-order valence-electron chi connectivity index (χ4n) is 5.31. The van der Waals surface area contributed by atoms with Crippen molar-refractivity contribution in [3.05, 3.63) is 74.9 Å². The number of carbonyl (C=O) groups excluding carboxylic acids is 2. The van der Waals surface area contributed by atoms with Gasteiger partial charge in [-0.1, -0.05) is 6.08 Å². The van der Waals surface area contributed by atoms with E-state index in [0.29, 0.717) is 16.5 Å². The second-order valence-corrected chi connectivity index (χ2v) is 11.4. The predicted octanol–water partition coefficient (Wildman–Crippen LogP) is 3.85. The van der Waals surface area contributed by atoms with Crippen molar-refractivity contribution in [1.29, 1.82) is 0 Å². The number of fused-ring (bicyclic) bond motifs is 1. The molecule has 0 saturated carbocycles. The maximum atomic E-state index is 15.9. The van der Waals surface area contributed by atoms with Gasteiger partial charge in [0.05, 0.1) is 28.2 Å². The van der Waals surface area contributed by atoms with E-state index in [-0.39, 0.29) is 42.5 Å². The number of allylic oxidation sites excluding steroid dienone is 6. The average Bonchev–Trinajstić information content (AvgIpc) is 2.90. The Hall–Kier alpha value is -4.72. The molecule has 1 aliphatic carbocycles. The second-order valence-electron chi connectivity index (χ2n) is 11.4. The van der Waals surface area contributed by atoms with E-state index < -0.39 is 52.1 Å². The molecular formula is C29H31F2N7O5. The number of carbonyl (C=O) groups is 2. The molecule has 1 amide bonds. The van der Waals surface area contributed by atoms with Crippen LogP contribution in [0.1, 0.15) is 44.6 Å². The molecule has 1 N–H and O–H groups in total. The number of ether oxygens (including phenoxy) is 1. The molecule has 1 saturated heterocycles. The van der Waals surface area contributed by atoms with E-state index in [2.05, 4.69) is 15.0 Å². The first-order chi connectivity index (χ1) is 20.2. The van der Waals surface area contributed by atoms with Crippen molar-refractivity contribution in [1.82, 2.24) is 24.4 Å². The largest absolute Gasteiger partial charge is 0.444 e. The number of amides is 1. The summed E-state index contributed by atoms with van der Waals surface area (Å²) in [5.41, 5.74) is -2.15. The summed E-state index contributed by atoms with van der Waals surface area (Å²) in [5.74, 6) is -3.30. The van der Waals surface area contributed by atoms with E-state index in [9.17, 15) is 24.0 Å². The quantitative estimate of drug-likeness (QED) is 0.511. The number of nitrogens with zero attached hydrogens (tertiary/aromatic N) is 7.